The van der Waals surface area contributed by atoms with Gasteiger partial charge in [-0.2, -0.15) is 0 Å². The minimum absolute atomic E-state index is 0.621. The Bertz CT molecular complexity index is 448. The van der Waals surface area contributed by atoms with E-state index in [4.69, 9.17) is 5.73 Å². The Morgan fingerprint density at radius 3 is 3.00 bits per heavy atom. The standard InChI is InChI=1S/C12H16N2S/c1-2-14-7-10-8-15-12-5-9(6-13)3-4-11(10)12/h3-5,8,14H,2,6-7,13H2,1H3. The molecule has 0 spiro atoms. The van der Waals surface area contributed by atoms with E-state index in [0.29, 0.717) is 6.54 Å². The number of thiophene rings is 1. The molecule has 1 heterocycles. The van der Waals surface area contributed by atoms with Crippen LogP contribution in [0.1, 0.15) is 18.1 Å². The molecule has 0 atom stereocenters. The Labute approximate surface area is 94.1 Å². The summed E-state index contributed by atoms with van der Waals surface area (Å²) in [6.07, 6.45) is 0. The number of hydrogen-bond donors (Lipinski definition) is 2. The predicted octanol–water partition coefficient (Wildman–Crippen LogP) is 2.47. The summed E-state index contributed by atoms with van der Waals surface area (Å²) in [6, 6.07) is 6.49. The van der Waals surface area contributed by atoms with Crippen molar-refractivity contribution in [3.63, 3.8) is 0 Å². The lowest BCUT2D eigenvalue weighted by atomic mass is 10.1. The summed E-state index contributed by atoms with van der Waals surface area (Å²) in [4.78, 5) is 0. The Morgan fingerprint density at radius 2 is 2.27 bits per heavy atom. The van der Waals surface area contributed by atoms with Gasteiger partial charge >= 0.3 is 0 Å². The van der Waals surface area contributed by atoms with Crippen LogP contribution in [0.2, 0.25) is 0 Å². The highest BCUT2D eigenvalue weighted by molar-refractivity contribution is 7.17. The normalized spacial score (nSPS) is 11.1. The van der Waals surface area contributed by atoms with Gasteiger partial charge in [0.05, 0.1) is 0 Å². The van der Waals surface area contributed by atoms with Crippen molar-refractivity contribution in [2.45, 2.75) is 20.0 Å². The van der Waals surface area contributed by atoms with Crippen LogP contribution in [0.3, 0.4) is 0 Å². The summed E-state index contributed by atoms with van der Waals surface area (Å²) < 4.78 is 1.34. The van der Waals surface area contributed by atoms with Gasteiger partial charge < -0.3 is 11.1 Å². The summed E-state index contributed by atoms with van der Waals surface area (Å²) in [6.45, 7) is 4.72. The third-order valence-electron chi connectivity index (χ3n) is 2.52. The van der Waals surface area contributed by atoms with Crippen LogP contribution in [0.15, 0.2) is 23.6 Å². The van der Waals surface area contributed by atoms with E-state index < -0.39 is 0 Å². The molecule has 3 heteroatoms. The minimum atomic E-state index is 0.621. The summed E-state index contributed by atoms with van der Waals surface area (Å²) in [7, 11) is 0. The lowest BCUT2D eigenvalue weighted by Gasteiger charge is -2.01. The molecule has 0 saturated heterocycles. The largest absolute Gasteiger partial charge is 0.326 e. The molecule has 15 heavy (non-hydrogen) atoms. The van der Waals surface area contributed by atoms with Crippen molar-refractivity contribution in [2.75, 3.05) is 6.54 Å². The third-order valence-corrected chi connectivity index (χ3v) is 3.52. The van der Waals surface area contributed by atoms with Crippen molar-refractivity contribution in [3.05, 3.63) is 34.7 Å². The smallest absolute Gasteiger partial charge is 0.0349 e. The lowest BCUT2D eigenvalue weighted by Crippen LogP contribution is -2.11. The molecule has 0 amide bonds. The maximum atomic E-state index is 5.62. The first-order valence-electron chi connectivity index (χ1n) is 5.25. The van der Waals surface area contributed by atoms with E-state index in [2.05, 4.69) is 35.8 Å². The van der Waals surface area contributed by atoms with Gasteiger partial charge in [-0.05, 0) is 34.5 Å². The third kappa shape index (κ3) is 2.20. The van der Waals surface area contributed by atoms with Gasteiger partial charge in [-0.15, -0.1) is 11.3 Å². The van der Waals surface area contributed by atoms with Crippen molar-refractivity contribution in [1.82, 2.24) is 5.32 Å². The van der Waals surface area contributed by atoms with E-state index in [0.717, 1.165) is 13.1 Å². The first kappa shape index (κ1) is 10.6. The average molecular weight is 220 g/mol. The van der Waals surface area contributed by atoms with Crippen LogP contribution in [0, 0.1) is 0 Å². The SMILES string of the molecule is CCNCc1csc2cc(CN)ccc12. The second kappa shape index (κ2) is 4.75. The van der Waals surface area contributed by atoms with Gasteiger partial charge in [0, 0.05) is 17.8 Å². The van der Waals surface area contributed by atoms with Crippen molar-refractivity contribution in [2.24, 2.45) is 5.73 Å². The molecule has 0 radical (unpaired) electrons. The van der Waals surface area contributed by atoms with Crippen molar-refractivity contribution < 1.29 is 0 Å². The summed E-state index contributed by atoms with van der Waals surface area (Å²) >= 11 is 1.80. The van der Waals surface area contributed by atoms with E-state index >= 15 is 0 Å². The fourth-order valence-corrected chi connectivity index (χ4v) is 2.68. The summed E-state index contributed by atoms with van der Waals surface area (Å²) in [5.74, 6) is 0. The highest BCUT2D eigenvalue weighted by Gasteiger charge is 2.03. The molecular formula is C12H16N2S. The highest BCUT2D eigenvalue weighted by atomic mass is 32.1. The molecule has 0 unspecified atom stereocenters. The van der Waals surface area contributed by atoms with Crippen LogP contribution in [0.4, 0.5) is 0 Å². The van der Waals surface area contributed by atoms with Gasteiger partial charge in [-0.25, -0.2) is 0 Å². The maximum absolute atomic E-state index is 5.62. The van der Waals surface area contributed by atoms with E-state index in [1.807, 2.05) is 0 Å². The molecule has 2 rings (SSSR count). The quantitative estimate of drug-likeness (QED) is 0.830. The van der Waals surface area contributed by atoms with Gasteiger partial charge in [-0.1, -0.05) is 19.1 Å². The second-order valence-corrected chi connectivity index (χ2v) is 4.49. The van der Waals surface area contributed by atoms with Crippen LogP contribution in [-0.2, 0) is 13.1 Å². The number of hydrogen-bond acceptors (Lipinski definition) is 3. The predicted molar refractivity (Wildman–Crippen MR) is 67.1 cm³/mol. The maximum Gasteiger partial charge on any atom is 0.0349 e. The van der Waals surface area contributed by atoms with Crippen LogP contribution in [0.25, 0.3) is 10.1 Å². The monoisotopic (exact) mass is 220 g/mol. The fraction of sp³-hybridized carbons (Fsp3) is 0.333. The molecule has 80 valence electrons. The van der Waals surface area contributed by atoms with Gasteiger partial charge in [0.2, 0.25) is 0 Å². The number of nitrogens with one attached hydrogen (secondary N) is 1. The second-order valence-electron chi connectivity index (χ2n) is 3.58. The number of benzene rings is 1. The number of nitrogens with two attached hydrogens (primary N) is 1. The Hall–Kier alpha value is -0.900. The summed E-state index contributed by atoms with van der Waals surface area (Å²) in [5, 5.41) is 6.94. The molecular weight excluding hydrogens is 204 g/mol. The molecule has 2 aromatic rings. The zero-order valence-electron chi connectivity index (χ0n) is 8.92. The van der Waals surface area contributed by atoms with Gasteiger partial charge in [-0.3, -0.25) is 0 Å². The van der Waals surface area contributed by atoms with Gasteiger partial charge in [0.1, 0.15) is 0 Å². The van der Waals surface area contributed by atoms with Gasteiger partial charge in [0.15, 0.2) is 0 Å². The van der Waals surface area contributed by atoms with E-state index in [9.17, 15) is 0 Å². The highest BCUT2D eigenvalue weighted by Crippen LogP contribution is 2.26. The summed E-state index contributed by atoms with van der Waals surface area (Å²) in [5.41, 5.74) is 8.22. The minimum Gasteiger partial charge on any atom is -0.326 e. The average Bonchev–Trinajstić information content (AvgIpc) is 2.68. The van der Waals surface area contributed by atoms with E-state index in [1.165, 1.54) is 21.2 Å². The molecule has 0 aliphatic heterocycles. The van der Waals surface area contributed by atoms with Gasteiger partial charge in [0.25, 0.3) is 0 Å². The Morgan fingerprint density at radius 1 is 1.40 bits per heavy atom. The Balaban J connectivity index is 2.34. The molecule has 0 saturated carbocycles. The molecule has 3 N–H and O–H groups in total. The van der Waals surface area contributed by atoms with Crippen LogP contribution >= 0.6 is 11.3 Å². The molecule has 1 aromatic heterocycles. The topological polar surface area (TPSA) is 38.0 Å². The molecule has 2 nitrogen and oxygen atoms in total. The molecule has 0 aliphatic carbocycles. The van der Waals surface area contributed by atoms with Crippen molar-refractivity contribution >= 4 is 21.4 Å². The van der Waals surface area contributed by atoms with Crippen LogP contribution in [-0.4, -0.2) is 6.54 Å². The molecule has 0 aliphatic rings. The zero-order chi connectivity index (χ0) is 10.7. The van der Waals surface area contributed by atoms with E-state index in [1.54, 1.807) is 11.3 Å². The van der Waals surface area contributed by atoms with Crippen LogP contribution < -0.4 is 11.1 Å². The Kier molecular flexibility index (Phi) is 3.36. The first-order valence-corrected chi connectivity index (χ1v) is 6.13. The van der Waals surface area contributed by atoms with Crippen molar-refractivity contribution in [3.8, 4) is 0 Å². The first-order chi connectivity index (χ1) is 7.35. The van der Waals surface area contributed by atoms with E-state index in [-0.39, 0.29) is 0 Å². The van der Waals surface area contributed by atoms with Crippen molar-refractivity contribution in [1.29, 1.82) is 0 Å². The molecule has 0 bridgehead atoms. The fourth-order valence-electron chi connectivity index (χ4n) is 1.65. The lowest BCUT2D eigenvalue weighted by molar-refractivity contribution is 0.732. The molecule has 1 aromatic carbocycles. The van der Waals surface area contributed by atoms with Crippen LogP contribution in [0.5, 0.6) is 0 Å². The molecule has 0 fully saturated rings. The number of fused-ring (bicyclic) bond motifs is 1. The number of rotatable bonds is 4. The zero-order valence-corrected chi connectivity index (χ0v) is 9.73.